The highest BCUT2D eigenvalue weighted by Gasteiger charge is 2.21. The minimum atomic E-state index is -0.529. The highest BCUT2D eigenvalue weighted by atomic mass is 35.5. The van der Waals surface area contributed by atoms with Crippen LogP contribution in [-0.4, -0.2) is 21.1 Å². The maximum Gasteiger partial charge on any atom is 0.295 e. The van der Waals surface area contributed by atoms with Gasteiger partial charge in [-0.2, -0.15) is 0 Å². The van der Waals surface area contributed by atoms with Crippen LogP contribution in [0.1, 0.15) is 37.2 Å². The fourth-order valence-corrected chi connectivity index (χ4v) is 1.73. The van der Waals surface area contributed by atoms with E-state index < -0.39 is 11.7 Å². The maximum atomic E-state index is 13.2. The molecular weight excluding hydrogens is 283 g/mol. The zero-order valence-electron chi connectivity index (χ0n) is 11.3. The van der Waals surface area contributed by atoms with Gasteiger partial charge in [-0.25, -0.2) is 9.37 Å². The van der Waals surface area contributed by atoms with E-state index in [0.717, 1.165) is 6.07 Å². The predicted octanol–water partition coefficient (Wildman–Crippen LogP) is 3.15. The maximum absolute atomic E-state index is 13.2. The number of H-pyrrole nitrogens is 1. The van der Waals surface area contributed by atoms with E-state index in [1.165, 1.54) is 12.1 Å². The topological polar surface area (TPSA) is 70.7 Å². The molecule has 2 N–H and O–H groups in total. The van der Waals surface area contributed by atoms with E-state index in [0.29, 0.717) is 5.82 Å². The molecule has 0 saturated heterocycles. The molecule has 5 nitrogen and oxygen atoms in total. The Morgan fingerprint density at radius 2 is 2.05 bits per heavy atom. The fourth-order valence-electron chi connectivity index (χ4n) is 1.51. The van der Waals surface area contributed by atoms with Gasteiger partial charge in [0.25, 0.3) is 5.91 Å². The normalized spacial score (nSPS) is 11.4. The largest absolute Gasteiger partial charge is 0.319 e. The molecule has 1 amide bonds. The molecule has 0 atom stereocenters. The Labute approximate surface area is 120 Å². The second-order valence-corrected chi connectivity index (χ2v) is 5.81. The third-order valence-electron chi connectivity index (χ3n) is 2.52. The molecule has 1 heterocycles. The Bertz CT molecular complexity index is 628. The highest BCUT2D eigenvalue weighted by Crippen LogP contribution is 2.20. The van der Waals surface area contributed by atoms with Crippen LogP contribution in [-0.2, 0) is 5.41 Å². The number of nitrogens with one attached hydrogen (secondary N) is 2. The van der Waals surface area contributed by atoms with Crippen LogP contribution in [0, 0.1) is 5.82 Å². The number of aromatic nitrogens is 3. The van der Waals surface area contributed by atoms with Crippen molar-refractivity contribution >= 4 is 23.2 Å². The molecule has 0 unspecified atom stereocenters. The average Bonchev–Trinajstić information content (AvgIpc) is 2.75. The number of hydrogen-bond acceptors (Lipinski definition) is 3. The number of benzene rings is 1. The minimum absolute atomic E-state index is 0.00434. The zero-order valence-corrected chi connectivity index (χ0v) is 12.0. The summed E-state index contributed by atoms with van der Waals surface area (Å²) < 4.78 is 13.2. The summed E-state index contributed by atoms with van der Waals surface area (Å²) in [7, 11) is 0. The number of carbonyl (C=O) groups is 1. The van der Waals surface area contributed by atoms with E-state index in [4.69, 9.17) is 11.6 Å². The molecule has 0 spiro atoms. The van der Waals surface area contributed by atoms with Crippen LogP contribution in [0.4, 0.5) is 10.1 Å². The van der Waals surface area contributed by atoms with Crippen molar-refractivity contribution in [3.63, 3.8) is 0 Å². The first-order chi connectivity index (χ1) is 9.25. The van der Waals surface area contributed by atoms with Crippen molar-refractivity contribution in [2.75, 3.05) is 5.32 Å². The molecule has 106 valence electrons. The number of anilines is 1. The van der Waals surface area contributed by atoms with Crippen LogP contribution >= 0.6 is 11.6 Å². The zero-order chi connectivity index (χ0) is 14.9. The van der Waals surface area contributed by atoms with E-state index in [9.17, 15) is 9.18 Å². The second kappa shape index (κ2) is 5.20. The van der Waals surface area contributed by atoms with Crippen molar-refractivity contribution < 1.29 is 9.18 Å². The van der Waals surface area contributed by atoms with Crippen LogP contribution in [0.25, 0.3) is 0 Å². The van der Waals surface area contributed by atoms with Crippen LogP contribution in [0.3, 0.4) is 0 Å². The summed E-state index contributed by atoms with van der Waals surface area (Å²) in [6.45, 7) is 5.84. The first-order valence-electron chi connectivity index (χ1n) is 5.96. The lowest BCUT2D eigenvalue weighted by molar-refractivity contribution is 0.101. The molecule has 0 radical (unpaired) electrons. The van der Waals surface area contributed by atoms with Crippen molar-refractivity contribution in [1.82, 2.24) is 15.2 Å². The second-order valence-electron chi connectivity index (χ2n) is 5.37. The van der Waals surface area contributed by atoms with Crippen molar-refractivity contribution in [2.45, 2.75) is 26.2 Å². The number of hydrogen-bond donors (Lipinski definition) is 2. The van der Waals surface area contributed by atoms with E-state index in [2.05, 4.69) is 20.5 Å². The lowest BCUT2D eigenvalue weighted by Gasteiger charge is -2.12. The Hall–Kier alpha value is -1.95. The average molecular weight is 297 g/mol. The fraction of sp³-hybridized carbons (Fsp3) is 0.308. The lowest BCUT2D eigenvalue weighted by atomic mass is 9.96. The van der Waals surface area contributed by atoms with Crippen molar-refractivity contribution in [1.29, 1.82) is 0 Å². The van der Waals surface area contributed by atoms with Crippen molar-refractivity contribution in [3.8, 4) is 0 Å². The SMILES string of the molecule is CC(C)(C)c1nc(C(=O)Nc2cc(F)cc(Cl)c2)n[nH]1. The first kappa shape index (κ1) is 14.5. The monoisotopic (exact) mass is 296 g/mol. The number of halogens is 2. The standard InChI is InChI=1S/C13H14ClFN4O/c1-13(2,3)12-17-10(18-19-12)11(20)16-9-5-7(14)4-8(15)6-9/h4-6H,1-3H3,(H,16,20)(H,17,18,19). The molecule has 1 aromatic carbocycles. The van der Waals surface area contributed by atoms with Gasteiger partial charge < -0.3 is 5.32 Å². The molecule has 0 fully saturated rings. The lowest BCUT2D eigenvalue weighted by Crippen LogP contribution is -2.16. The Morgan fingerprint density at radius 1 is 1.35 bits per heavy atom. The molecular formula is C13H14ClFN4O. The van der Waals surface area contributed by atoms with Crippen LogP contribution in [0.5, 0.6) is 0 Å². The summed E-state index contributed by atoms with van der Waals surface area (Å²) in [6.07, 6.45) is 0. The molecule has 0 aliphatic rings. The predicted molar refractivity (Wildman–Crippen MR) is 74.4 cm³/mol. The van der Waals surface area contributed by atoms with E-state index in [1.807, 2.05) is 20.8 Å². The Kier molecular flexibility index (Phi) is 3.76. The Balaban J connectivity index is 2.18. The number of rotatable bonds is 2. The van der Waals surface area contributed by atoms with Crippen molar-refractivity contribution in [3.05, 3.63) is 40.7 Å². The van der Waals surface area contributed by atoms with Gasteiger partial charge in [-0.1, -0.05) is 32.4 Å². The van der Waals surface area contributed by atoms with Gasteiger partial charge in [0, 0.05) is 16.1 Å². The Morgan fingerprint density at radius 3 is 2.60 bits per heavy atom. The summed E-state index contributed by atoms with van der Waals surface area (Å²) in [5.41, 5.74) is 0.00958. The third-order valence-corrected chi connectivity index (χ3v) is 2.74. The van der Waals surface area contributed by atoms with Gasteiger partial charge in [0.05, 0.1) is 0 Å². The number of carbonyl (C=O) groups excluding carboxylic acids is 1. The molecule has 7 heteroatoms. The molecule has 0 aliphatic heterocycles. The molecule has 20 heavy (non-hydrogen) atoms. The van der Waals surface area contributed by atoms with Gasteiger partial charge in [0.1, 0.15) is 11.6 Å². The summed E-state index contributed by atoms with van der Waals surface area (Å²) >= 11 is 5.71. The number of amides is 1. The quantitative estimate of drug-likeness (QED) is 0.894. The van der Waals surface area contributed by atoms with Crippen LogP contribution < -0.4 is 5.32 Å². The van der Waals surface area contributed by atoms with Gasteiger partial charge in [-0.15, -0.1) is 5.10 Å². The van der Waals surface area contributed by atoms with Crippen LogP contribution in [0.2, 0.25) is 5.02 Å². The minimum Gasteiger partial charge on any atom is -0.319 e. The smallest absolute Gasteiger partial charge is 0.295 e. The number of aromatic amines is 1. The van der Waals surface area contributed by atoms with Gasteiger partial charge in [-0.3, -0.25) is 9.89 Å². The molecule has 0 bridgehead atoms. The number of nitrogens with zero attached hydrogens (tertiary/aromatic N) is 2. The van der Waals surface area contributed by atoms with Crippen LogP contribution in [0.15, 0.2) is 18.2 Å². The van der Waals surface area contributed by atoms with Gasteiger partial charge in [0.2, 0.25) is 5.82 Å². The molecule has 2 aromatic rings. The van der Waals surface area contributed by atoms with Gasteiger partial charge in [0.15, 0.2) is 0 Å². The molecule has 2 rings (SSSR count). The van der Waals surface area contributed by atoms with E-state index >= 15 is 0 Å². The van der Waals surface area contributed by atoms with Gasteiger partial charge >= 0.3 is 0 Å². The summed E-state index contributed by atoms with van der Waals surface area (Å²) in [4.78, 5) is 16.1. The first-order valence-corrected chi connectivity index (χ1v) is 6.34. The summed E-state index contributed by atoms with van der Waals surface area (Å²) in [5, 5.41) is 9.26. The molecule has 0 saturated carbocycles. The van der Waals surface area contributed by atoms with E-state index in [-0.39, 0.29) is 21.9 Å². The molecule has 1 aromatic heterocycles. The highest BCUT2D eigenvalue weighted by molar-refractivity contribution is 6.31. The van der Waals surface area contributed by atoms with E-state index in [1.54, 1.807) is 0 Å². The van der Waals surface area contributed by atoms with Gasteiger partial charge in [-0.05, 0) is 18.2 Å². The van der Waals surface area contributed by atoms with Crippen molar-refractivity contribution in [2.24, 2.45) is 0 Å². The summed E-state index contributed by atoms with van der Waals surface area (Å²) in [5.74, 6) is -0.466. The third kappa shape index (κ3) is 3.33. The molecule has 0 aliphatic carbocycles. The summed E-state index contributed by atoms with van der Waals surface area (Å²) in [6, 6.07) is 3.77.